The molecule has 2 N–H and O–H groups in total. The van der Waals surface area contributed by atoms with Crippen molar-refractivity contribution in [1.29, 1.82) is 0 Å². The van der Waals surface area contributed by atoms with Crippen LogP contribution in [-0.2, 0) is 18.9 Å². The summed E-state index contributed by atoms with van der Waals surface area (Å²) in [4.78, 5) is 62.4. The van der Waals surface area contributed by atoms with Gasteiger partial charge in [-0.1, -0.05) is 0 Å². The number of ether oxygens (including phenoxy) is 5. The fourth-order valence-electron chi connectivity index (χ4n) is 4.09. The van der Waals surface area contributed by atoms with Crippen molar-refractivity contribution in [2.75, 3.05) is 13.1 Å². The number of hydrogen-bond acceptors (Lipinski definition) is 11. The van der Waals surface area contributed by atoms with Gasteiger partial charge in [0.2, 0.25) is 11.9 Å². The molecule has 278 valence electrons. The van der Waals surface area contributed by atoms with Crippen LogP contribution in [0.2, 0.25) is 0 Å². The molecule has 2 aromatic carbocycles. The summed E-state index contributed by atoms with van der Waals surface area (Å²) in [6.45, 7) is 21.2. The first kappa shape index (κ1) is 40.1. The lowest BCUT2D eigenvalue weighted by molar-refractivity contribution is 0.0371. The third-order valence-corrected chi connectivity index (χ3v) is 5.88. The minimum atomic E-state index is -0.811. The van der Waals surface area contributed by atoms with Gasteiger partial charge in [0.1, 0.15) is 33.9 Å². The molecule has 0 unspecified atom stereocenters. The van der Waals surface area contributed by atoms with E-state index in [1.165, 1.54) is 9.80 Å². The molecule has 1 heterocycles. The number of nitrogens with one attached hydrogen (secondary N) is 2. The van der Waals surface area contributed by atoms with Crippen molar-refractivity contribution in [2.24, 2.45) is 9.98 Å². The molecular weight excluding hydrogens is 660 g/mol. The maximum atomic E-state index is 13.0. The molecule has 0 radical (unpaired) electrons. The number of carbonyl (C=O) groups excluding carboxylic acids is 4. The van der Waals surface area contributed by atoms with Gasteiger partial charge in [0.05, 0.1) is 24.5 Å². The number of rotatable bonds is 4. The second-order valence-electron chi connectivity index (χ2n) is 15.5. The molecule has 0 atom stereocenters. The van der Waals surface area contributed by atoms with Gasteiger partial charge in [0, 0.05) is 0 Å². The molecule has 3 rings (SSSR count). The van der Waals surface area contributed by atoms with E-state index in [-0.39, 0.29) is 25.0 Å². The first-order valence-electron chi connectivity index (χ1n) is 16.4. The van der Waals surface area contributed by atoms with Gasteiger partial charge in [-0.2, -0.15) is 0 Å². The highest BCUT2D eigenvalue weighted by molar-refractivity contribution is 6.04. The third kappa shape index (κ3) is 14.2. The zero-order valence-electron chi connectivity index (χ0n) is 31.5. The summed E-state index contributed by atoms with van der Waals surface area (Å²) in [5.74, 6) is 0.846. The Hall–Kier alpha value is -5.34. The van der Waals surface area contributed by atoms with Crippen molar-refractivity contribution in [3.8, 4) is 11.5 Å². The van der Waals surface area contributed by atoms with Gasteiger partial charge in [0.25, 0.3) is 0 Å². The van der Waals surface area contributed by atoms with E-state index in [4.69, 9.17) is 23.7 Å². The molecule has 0 bridgehead atoms. The number of nitrogens with zero attached hydrogens (tertiary/aromatic N) is 4. The smallest absolute Gasteiger partial charge is 0.417 e. The van der Waals surface area contributed by atoms with E-state index in [1.807, 2.05) is 0 Å². The number of alkyl carbamates (subject to hydrolysis) is 2. The monoisotopic (exact) mass is 710 g/mol. The summed E-state index contributed by atoms with van der Waals surface area (Å²) in [7, 11) is 0. The molecular formula is C36H50N6O9. The first-order valence-corrected chi connectivity index (χ1v) is 16.4. The van der Waals surface area contributed by atoms with Gasteiger partial charge in [-0.05, 0) is 132 Å². The van der Waals surface area contributed by atoms with Gasteiger partial charge in [0.15, 0.2) is 0 Å². The van der Waals surface area contributed by atoms with Crippen LogP contribution in [0.5, 0.6) is 11.5 Å². The highest BCUT2D eigenvalue weighted by Crippen LogP contribution is 2.28. The molecule has 1 aliphatic rings. The summed E-state index contributed by atoms with van der Waals surface area (Å²) in [6, 6.07) is 13.3. The maximum absolute atomic E-state index is 13.0. The van der Waals surface area contributed by atoms with Gasteiger partial charge >= 0.3 is 24.4 Å². The van der Waals surface area contributed by atoms with E-state index >= 15 is 0 Å². The van der Waals surface area contributed by atoms with Crippen molar-refractivity contribution in [1.82, 2.24) is 20.4 Å². The second-order valence-corrected chi connectivity index (χ2v) is 15.5. The third-order valence-electron chi connectivity index (χ3n) is 5.88. The molecule has 0 spiro atoms. The average molecular weight is 711 g/mol. The molecule has 4 amide bonds. The molecule has 0 saturated carbocycles. The standard InChI is InChI=1S/C36H50N6O9/c1-33(2,3)48-29(43)39-27(40-30(44)49-34(4,5)6)37-23-13-17-25(18-14-23)47-26-19-15-24(16-20-26)38-28-41(31(45)50-35(7,8)9)21-22-42(28)32(46)51-36(10,11)12/h13-20H,21-22H2,1-12H3,(H2,37,39,40,43,44). The minimum absolute atomic E-state index is 0.0880. The number of aliphatic imine (C=N–C) groups is 2. The zero-order chi connectivity index (χ0) is 38.4. The van der Waals surface area contributed by atoms with E-state index in [1.54, 1.807) is 132 Å². The van der Waals surface area contributed by atoms with Crippen LogP contribution in [0.15, 0.2) is 58.5 Å². The van der Waals surface area contributed by atoms with Crippen LogP contribution in [0.4, 0.5) is 30.6 Å². The fourth-order valence-corrected chi connectivity index (χ4v) is 4.09. The summed E-state index contributed by atoms with van der Waals surface area (Å²) >= 11 is 0. The first-order chi connectivity index (χ1) is 23.4. The molecule has 0 aromatic heterocycles. The van der Waals surface area contributed by atoms with Crippen LogP contribution in [0.3, 0.4) is 0 Å². The second kappa shape index (κ2) is 15.7. The molecule has 1 fully saturated rings. The highest BCUT2D eigenvalue weighted by atomic mass is 16.6. The van der Waals surface area contributed by atoms with E-state index in [9.17, 15) is 19.2 Å². The Kier molecular flexibility index (Phi) is 12.3. The lowest BCUT2D eigenvalue weighted by atomic mass is 10.2. The molecule has 15 nitrogen and oxygen atoms in total. The Labute approximate surface area is 299 Å². The zero-order valence-corrected chi connectivity index (χ0v) is 31.5. The quantitative estimate of drug-likeness (QED) is 0.181. The van der Waals surface area contributed by atoms with Gasteiger partial charge < -0.3 is 23.7 Å². The van der Waals surface area contributed by atoms with Crippen LogP contribution < -0.4 is 15.4 Å². The van der Waals surface area contributed by atoms with Gasteiger partial charge in [-0.3, -0.25) is 10.6 Å². The average Bonchev–Trinajstić information content (AvgIpc) is 3.35. The van der Waals surface area contributed by atoms with Gasteiger partial charge in [-0.25, -0.2) is 39.0 Å². The van der Waals surface area contributed by atoms with E-state index in [0.29, 0.717) is 22.9 Å². The van der Waals surface area contributed by atoms with Crippen molar-refractivity contribution >= 4 is 47.7 Å². The number of guanidine groups is 2. The predicted octanol–water partition coefficient (Wildman–Crippen LogP) is 7.99. The Bertz CT molecular complexity index is 1560. The highest BCUT2D eigenvalue weighted by Gasteiger charge is 2.39. The van der Waals surface area contributed by atoms with Crippen molar-refractivity contribution in [2.45, 2.75) is 105 Å². The normalized spacial score (nSPS) is 13.5. The summed E-state index contributed by atoms with van der Waals surface area (Å²) in [5.41, 5.74) is -2.21. The Balaban J connectivity index is 1.79. The van der Waals surface area contributed by atoms with Crippen molar-refractivity contribution in [3.63, 3.8) is 0 Å². The maximum Gasteiger partial charge on any atom is 0.417 e. The number of hydrogen-bond donors (Lipinski definition) is 2. The van der Waals surface area contributed by atoms with Crippen molar-refractivity contribution < 1.29 is 42.9 Å². The van der Waals surface area contributed by atoms with Gasteiger partial charge in [-0.15, -0.1) is 0 Å². The summed E-state index contributed by atoms with van der Waals surface area (Å²) < 4.78 is 27.7. The Morgan fingerprint density at radius 3 is 1.25 bits per heavy atom. The molecule has 51 heavy (non-hydrogen) atoms. The van der Waals surface area contributed by atoms with E-state index in [0.717, 1.165) is 0 Å². The Morgan fingerprint density at radius 2 is 0.902 bits per heavy atom. The van der Waals surface area contributed by atoms with E-state index in [2.05, 4.69) is 20.6 Å². The minimum Gasteiger partial charge on any atom is -0.457 e. The van der Waals surface area contributed by atoms with Crippen LogP contribution in [-0.4, -0.2) is 81.6 Å². The molecule has 0 aliphatic carbocycles. The molecule has 2 aromatic rings. The van der Waals surface area contributed by atoms with E-state index < -0.39 is 46.8 Å². The summed E-state index contributed by atoms with van der Waals surface area (Å²) in [6.07, 6.45) is -2.88. The van der Waals surface area contributed by atoms with Crippen LogP contribution in [0, 0.1) is 0 Å². The summed E-state index contributed by atoms with van der Waals surface area (Å²) in [5, 5.41) is 4.88. The van der Waals surface area contributed by atoms with Crippen LogP contribution in [0.1, 0.15) is 83.1 Å². The number of amides is 4. The Morgan fingerprint density at radius 1 is 0.549 bits per heavy atom. The lowest BCUT2D eigenvalue weighted by Gasteiger charge is -2.27. The fraction of sp³-hybridized carbons (Fsp3) is 0.500. The number of carbonyl (C=O) groups is 4. The van der Waals surface area contributed by atoms with Crippen molar-refractivity contribution in [3.05, 3.63) is 48.5 Å². The van der Waals surface area contributed by atoms with Crippen LogP contribution >= 0.6 is 0 Å². The SMILES string of the molecule is CC(C)(C)OC(=O)NC(=Nc1ccc(Oc2ccc(N=C3N(C(=O)OC(C)(C)C)CCN3C(=O)OC(C)(C)C)cc2)cc1)NC(=O)OC(C)(C)C. The molecule has 1 aliphatic heterocycles. The molecule has 1 saturated heterocycles. The molecule has 15 heteroatoms. The predicted molar refractivity (Wildman–Crippen MR) is 192 cm³/mol. The lowest BCUT2D eigenvalue weighted by Crippen LogP contribution is -2.47. The van der Waals surface area contributed by atoms with Crippen LogP contribution in [0.25, 0.3) is 0 Å². The number of benzene rings is 2. The topological polar surface area (TPSA) is 170 Å². The largest absolute Gasteiger partial charge is 0.457 e.